The van der Waals surface area contributed by atoms with Gasteiger partial charge in [-0.1, -0.05) is 24.3 Å². The largest absolute Gasteiger partial charge is 0.493 e. The predicted octanol–water partition coefficient (Wildman–Crippen LogP) is 5.47. The van der Waals surface area contributed by atoms with E-state index >= 15 is 0 Å². The van der Waals surface area contributed by atoms with Crippen molar-refractivity contribution >= 4 is 46.3 Å². The van der Waals surface area contributed by atoms with E-state index < -0.39 is 28.5 Å². The van der Waals surface area contributed by atoms with Crippen molar-refractivity contribution < 1.29 is 28.8 Å². The zero-order valence-electron chi connectivity index (χ0n) is 21.4. The first-order chi connectivity index (χ1) is 18.6. The van der Waals surface area contributed by atoms with Gasteiger partial charge in [-0.25, -0.2) is 0 Å². The van der Waals surface area contributed by atoms with Gasteiger partial charge in [0.1, 0.15) is 13.2 Å². The number of nitro benzene ring substituents is 1. The minimum absolute atomic E-state index is 0.0323. The van der Waals surface area contributed by atoms with Gasteiger partial charge in [-0.3, -0.25) is 29.4 Å². The molecule has 0 spiro atoms. The fourth-order valence-corrected chi connectivity index (χ4v) is 4.83. The lowest BCUT2D eigenvalue weighted by molar-refractivity contribution is -0.384. The molecule has 1 fully saturated rings. The Morgan fingerprint density at radius 1 is 1.05 bits per heavy atom. The highest BCUT2D eigenvalue weighted by Gasteiger charge is 2.36. The second-order valence-corrected chi connectivity index (χ2v) is 9.81. The number of hydrogen-bond donors (Lipinski definition) is 1. The van der Waals surface area contributed by atoms with Crippen LogP contribution in [0.25, 0.3) is 6.08 Å². The Morgan fingerprint density at radius 2 is 1.79 bits per heavy atom. The molecule has 4 rings (SSSR count). The number of rotatable bonds is 9. The van der Waals surface area contributed by atoms with Gasteiger partial charge in [-0.15, -0.1) is 0 Å². The summed E-state index contributed by atoms with van der Waals surface area (Å²) in [6.45, 7) is 3.51. The van der Waals surface area contributed by atoms with Crippen LogP contribution in [0.4, 0.5) is 16.2 Å². The van der Waals surface area contributed by atoms with Crippen molar-refractivity contribution in [2.75, 3.05) is 19.0 Å². The van der Waals surface area contributed by atoms with Crippen molar-refractivity contribution in [3.05, 3.63) is 97.9 Å². The molecule has 1 N–H and O–H groups in total. The lowest BCUT2D eigenvalue weighted by atomic mass is 10.1. The number of ether oxygens (including phenoxy) is 2. The molecule has 11 heteroatoms. The van der Waals surface area contributed by atoms with Crippen LogP contribution in [0.1, 0.15) is 22.3 Å². The minimum Gasteiger partial charge on any atom is -0.493 e. The molecule has 0 saturated carbocycles. The Kier molecular flexibility index (Phi) is 8.30. The van der Waals surface area contributed by atoms with E-state index in [0.717, 1.165) is 27.8 Å². The summed E-state index contributed by atoms with van der Waals surface area (Å²) in [7, 11) is 1.46. The van der Waals surface area contributed by atoms with E-state index in [4.69, 9.17) is 9.47 Å². The number of nitro groups is 1. The number of nitrogens with zero attached hydrogens (tertiary/aromatic N) is 2. The molecule has 200 valence electrons. The molecule has 39 heavy (non-hydrogen) atoms. The number of methoxy groups -OCH3 is 1. The van der Waals surface area contributed by atoms with Crippen molar-refractivity contribution in [1.82, 2.24) is 4.90 Å². The van der Waals surface area contributed by atoms with Crippen LogP contribution in [-0.4, -0.2) is 40.5 Å². The average Bonchev–Trinajstić information content (AvgIpc) is 3.14. The molecule has 1 saturated heterocycles. The van der Waals surface area contributed by atoms with Gasteiger partial charge in [-0.2, -0.15) is 0 Å². The van der Waals surface area contributed by atoms with Crippen molar-refractivity contribution in [2.45, 2.75) is 20.5 Å². The highest BCUT2D eigenvalue weighted by Crippen LogP contribution is 2.35. The maximum atomic E-state index is 12.9. The molecule has 0 aromatic heterocycles. The fraction of sp³-hybridized carbons (Fsp3) is 0.179. The van der Waals surface area contributed by atoms with E-state index in [1.165, 1.54) is 19.2 Å². The summed E-state index contributed by atoms with van der Waals surface area (Å²) in [5.74, 6) is -0.264. The van der Waals surface area contributed by atoms with Gasteiger partial charge in [-0.05, 0) is 78.2 Å². The normalized spacial score (nSPS) is 14.0. The molecule has 3 aromatic carbocycles. The average molecular weight is 548 g/mol. The van der Waals surface area contributed by atoms with Gasteiger partial charge >= 0.3 is 0 Å². The van der Waals surface area contributed by atoms with Crippen LogP contribution < -0.4 is 14.8 Å². The van der Waals surface area contributed by atoms with Crippen LogP contribution in [0.15, 0.2) is 65.6 Å². The summed E-state index contributed by atoms with van der Waals surface area (Å²) in [6, 6.07) is 16.7. The molecular weight excluding hydrogens is 522 g/mol. The molecule has 3 aromatic rings. The lowest BCUT2D eigenvalue weighted by Crippen LogP contribution is -2.36. The van der Waals surface area contributed by atoms with Crippen molar-refractivity contribution in [2.24, 2.45) is 0 Å². The smallest absolute Gasteiger partial charge is 0.294 e. The lowest BCUT2D eigenvalue weighted by Gasteiger charge is -2.13. The van der Waals surface area contributed by atoms with E-state index in [1.54, 1.807) is 36.4 Å². The molecule has 0 unspecified atom stereocenters. The number of anilines is 1. The maximum Gasteiger partial charge on any atom is 0.294 e. The first kappa shape index (κ1) is 27.4. The van der Waals surface area contributed by atoms with Crippen molar-refractivity contribution in [3.8, 4) is 11.5 Å². The quantitative estimate of drug-likeness (QED) is 0.212. The van der Waals surface area contributed by atoms with Crippen LogP contribution in [0, 0.1) is 24.0 Å². The monoisotopic (exact) mass is 547 g/mol. The van der Waals surface area contributed by atoms with Gasteiger partial charge < -0.3 is 14.8 Å². The summed E-state index contributed by atoms with van der Waals surface area (Å²) in [5.41, 5.74) is 3.73. The highest BCUT2D eigenvalue weighted by atomic mass is 32.2. The Labute approximate surface area is 228 Å². The van der Waals surface area contributed by atoms with Gasteiger partial charge in [0.05, 0.1) is 16.9 Å². The Morgan fingerprint density at radius 3 is 2.49 bits per heavy atom. The van der Waals surface area contributed by atoms with Crippen LogP contribution >= 0.6 is 11.8 Å². The summed E-state index contributed by atoms with van der Waals surface area (Å²) in [6.07, 6.45) is 1.54. The number of carbonyl (C=O) groups is 3. The maximum absolute atomic E-state index is 12.9. The van der Waals surface area contributed by atoms with E-state index in [-0.39, 0.29) is 17.2 Å². The number of aryl methyl sites for hydroxylation is 2. The summed E-state index contributed by atoms with van der Waals surface area (Å²) < 4.78 is 11.2. The number of carbonyl (C=O) groups excluding carboxylic acids is 3. The van der Waals surface area contributed by atoms with E-state index in [1.807, 2.05) is 32.0 Å². The third-order valence-corrected chi connectivity index (χ3v) is 6.59. The Hall–Kier alpha value is -4.64. The predicted molar refractivity (Wildman–Crippen MR) is 148 cm³/mol. The van der Waals surface area contributed by atoms with E-state index in [0.29, 0.717) is 28.3 Å². The van der Waals surface area contributed by atoms with Crippen LogP contribution in [0.2, 0.25) is 0 Å². The molecule has 1 aliphatic rings. The van der Waals surface area contributed by atoms with Crippen molar-refractivity contribution in [3.63, 3.8) is 0 Å². The topological polar surface area (TPSA) is 128 Å². The number of imide groups is 1. The molecule has 0 aliphatic carbocycles. The number of amides is 3. The van der Waals surface area contributed by atoms with Crippen LogP contribution in [-0.2, 0) is 16.2 Å². The number of non-ortho nitro benzene ring substituents is 1. The highest BCUT2D eigenvalue weighted by molar-refractivity contribution is 8.18. The second kappa shape index (κ2) is 11.8. The molecular formula is C28H25N3O7S. The number of nitrogens with one attached hydrogen (secondary N) is 1. The first-order valence-corrected chi connectivity index (χ1v) is 12.6. The third kappa shape index (κ3) is 6.82. The minimum atomic E-state index is -0.564. The fourth-order valence-electron chi connectivity index (χ4n) is 3.99. The molecule has 0 atom stereocenters. The van der Waals surface area contributed by atoms with Gasteiger partial charge in [0.15, 0.2) is 11.5 Å². The molecule has 1 heterocycles. The molecule has 0 radical (unpaired) electrons. The van der Waals surface area contributed by atoms with Gasteiger partial charge in [0.2, 0.25) is 5.91 Å². The zero-order valence-corrected chi connectivity index (χ0v) is 22.2. The molecule has 1 aliphatic heterocycles. The zero-order chi connectivity index (χ0) is 28.1. The second-order valence-electron chi connectivity index (χ2n) is 8.82. The first-order valence-electron chi connectivity index (χ1n) is 11.8. The van der Waals surface area contributed by atoms with Crippen molar-refractivity contribution in [1.29, 1.82) is 0 Å². The van der Waals surface area contributed by atoms with Gasteiger partial charge in [0.25, 0.3) is 16.8 Å². The molecule has 3 amide bonds. The number of benzene rings is 3. The van der Waals surface area contributed by atoms with Crippen LogP contribution in [0.3, 0.4) is 0 Å². The Bertz CT molecular complexity index is 1480. The molecule has 0 bridgehead atoms. The standard InChI is InChI=1S/C28H25N3O7S/c1-17-9-18(2)11-21(10-17)29-26(32)15-30-27(33)25(39-28(30)34)14-19-7-8-23(24(13-19)37-3)38-16-20-5-4-6-22(12-20)31(35)36/h4-14H,15-16H2,1-3H3,(H,29,32)/b25-14+. The number of hydrogen-bond acceptors (Lipinski definition) is 8. The number of thioether (sulfide) groups is 1. The summed E-state index contributed by atoms with van der Waals surface area (Å²) >= 11 is 0.750. The SMILES string of the molecule is COc1cc(/C=C2/SC(=O)N(CC(=O)Nc3cc(C)cc(C)c3)C2=O)ccc1OCc1cccc([N+](=O)[O-])c1. The summed E-state index contributed by atoms with van der Waals surface area (Å²) in [5, 5.41) is 13.2. The summed E-state index contributed by atoms with van der Waals surface area (Å²) in [4.78, 5) is 49.5. The Balaban J connectivity index is 1.43. The molecule has 10 nitrogen and oxygen atoms in total. The third-order valence-electron chi connectivity index (χ3n) is 5.68. The van der Waals surface area contributed by atoms with Gasteiger partial charge in [0, 0.05) is 17.8 Å². The van der Waals surface area contributed by atoms with E-state index in [2.05, 4.69) is 5.32 Å². The van der Waals surface area contributed by atoms with Crippen LogP contribution in [0.5, 0.6) is 11.5 Å². The van der Waals surface area contributed by atoms with E-state index in [9.17, 15) is 24.5 Å².